The fourth-order valence-corrected chi connectivity index (χ4v) is 3.24. The van der Waals surface area contributed by atoms with Crippen molar-refractivity contribution < 1.29 is 9.53 Å². The molecule has 0 saturated carbocycles. The number of hydrogen-bond acceptors (Lipinski definition) is 6. The van der Waals surface area contributed by atoms with Gasteiger partial charge in [-0.1, -0.05) is 60.7 Å². The van der Waals surface area contributed by atoms with Gasteiger partial charge in [0.1, 0.15) is 6.07 Å². The molecule has 0 unspecified atom stereocenters. The Hall–Kier alpha value is -4.50. The molecule has 0 aliphatic carbocycles. The van der Waals surface area contributed by atoms with Crippen molar-refractivity contribution in [3.63, 3.8) is 0 Å². The number of anilines is 1. The Morgan fingerprint density at radius 2 is 1.53 bits per heavy atom. The van der Waals surface area contributed by atoms with Gasteiger partial charge in [0.2, 0.25) is 0 Å². The van der Waals surface area contributed by atoms with Gasteiger partial charge in [-0.25, -0.2) is 14.8 Å². The topological polar surface area (TPSA) is 87.9 Å². The molecule has 6 nitrogen and oxygen atoms in total. The van der Waals surface area contributed by atoms with Gasteiger partial charge in [-0.05, 0) is 25.1 Å². The number of fused-ring (bicyclic) bond motifs is 1. The molecule has 0 amide bonds. The number of aromatic nitrogens is 2. The molecule has 1 heterocycles. The number of carbonyl (C=O) groups excluding carboxylic acids is 1. The number of carbonyl (C=O) groups is 1. The van der Waals surface area contributed by atoms with Crippen molar-refractivity contribution in [3.8, 4) is 28.6 Å². The summed E-state index contributed by atoms with van der Waals surface area (Å²) in [4.78, 5) is 21.6. The van der Waals surface area contributed by atoms with E-state index in [1.165, 1.54) is 6.20 Å². The van der Waals surface area contributed by atoms with Crippen molar-refractivity contribution >= 4 is 22.7 Å². The summed E-state index contributed by atoms with van der Waals surface area (Å²) in [6, 6.07) is 27.2. The Labute approximate surface area is 185 Å². The highest BCUT2D eigenvalue weighted by molar-refractivity contribution is 5.93. The lowest BCUT2D eigenvalue weighted by Gasteiger charge is -2.11. The first-order chi connectivity index (χ1) is 15.7. The highest BCUT2D eigenvalue weighted by Crippen LogP contribution is 2.31. The van der Waals surface area contributed by atoms with Gasteiger partial charge in [-0.3, -0.25) is 0 Å². The summed E-state index contributed by atoms with van der Waals surface area (Å²) >= 11 is 0. The summed E-state index contributed by atoms with van der Waals surface area (Å²) in [6.45, 7) is 1.89. The number of benzene rings is 3. The van der Waals surface area contributed by atoms with Crippen LogP contribution in [0.2, 0.25) is 0 Å². The van der Waals surface area contributed by atoms with Crippen LogP contribution in [0.25, 0.3) is 33.5 Å². The third kappa shape index (κ3) is 4.47. The van der Waals surface area contributed by atoms with E-state index in [0.29, 0.717) is 11.2 Å². The molecule has 4 aromatic rings. The Bertz CT molecular complexity index is 1330. The minimum Gasteiger partial charge on any atom is -0.462 e. The second-order valence-electron chi connectivity index (χ2n) is 6.89. The first-order valence-electron chi connectivity index (χ1n) is 10.2. The molecule has 3 aromatic carbocycles. The number of hydrogen-bond donors (Lipinski definition) is 1. The molecule has 4 rings (SSSR count). The van der Waals surface area contributed by atoms with Gasteiger partial charge in [0.25, 0.3) is 0 Å². The standard InChI is InChI=1S/C26H20N4O2/c1-2-32-26(31)20(16-27)17-28-21-13-14-22-23(15-21)30-25(19-11-7-4-8-12-19)24(29-22)18-9-5-3-6-10-18/h3-15,17,28H,2H2,1H3/b20-17-. The maximum Gasteiger partial charge on any atom is 0.350 e. The summed E-state index contributed by atoms with van der Waals surface area (Å²) in [6.07, 6.45) is 1.34. The number of nitrogens with zero attached hydrogens (tertiary/aromatic N) is 3. The maximum atomic E-state index is 11.8. The van der Waals surface area contributed by atoms with Crippen LogP contribution in [0.3, 0.4) is 0 Å². The Morgan fingerprint density at radius 3 is 2.09 bits per heavy atom. The van der Waals surface area contributed by atoms with E-state index < -0.39 is 5.97 Å². The van der Waals surface area contributed by atoms with Crippen molar-refractivity contribution in [2.75, 3.05) is 11.9 Å². The van der Waals surface area contributed by atoms with Crippen LogP contribution in [0, 0.1) is 11.3 Å². The molecule has 0 atom stereocenters. The van der Waals surface area contributed by atoms with Crippen molar-refractivity contribution in [2.45, 2.75) is 6.92 Å². The Morgan fingerprint density at radius 1 is 0.938 bits per heavy atom. The number of nitriles is 1. The second-order valence-corrected chi connectivity index (χ2v) is 6.89. The zero-order chi connectivity index (χ0) is 22.3. The molecule has 0 radical (unpaired) electrons. The van der Waals surface area contributed by atoms with Crippen LogP contribution in [-0.4, -0.2) is 22.5 Å². The molecule has 0 aliphatic heterocycles. The van der Waals surface area contributed by atoms with Crippen LogP contribution in [0.1, 0.15) is 6.92 Å². The van der Waals surface area contributed by atoms with E-state index in [9.17, 15) is 10.1 Å². The van der Waals surface area contributed by atoms with Gasteiger partial charge >= 0.3 is 5.97 Å². The Kier molecular flexibility index (Phi) is 6.19. The lowest BCUT2D eigenvalue weighted by atomic mass is 10.0. The van der Waals surface area contributed by atoms with Crippen molar-refractivity contribution in [1.82, 2.24) is 9.97 Å². The third-order valence-electron chi connectivity index (χ3n) is 4.76. The van der Waals surface area contributed by atoms with Gasteiger partial charge in [-0.15, -0.1) is 0 Å². The highest BCUT2D eigenvalue weighted by Gasteiger charge is 2.14. The predicted molar refractivity (Wildman–Crippen MR) is 124 cm³/mol. The molecular formula is C26H20N4O2. The average Bonchev–Trinajstić information content (AvgIpc) is 2.85. The first-order valence-corrected chi connectivity index (χ1v) is 10.2. The monoisotopic (exact) mass is 420 g/mol. The quantitative estimate of drug-likeness (QED) is 0.257. The van der Waals surface area contributed by atoms with E-state index in [-0.39, 0.29) is 12.2 Å². The fraction of sp³-hybridized carbons (Fsp3) is 0.0769. The van der Waals surface area contributed by atoms with Crippen LogP contribution >= 0.6 is 0 Å². The predicted octanol–water partition coefficient (Wildman–Crippen LogP) is 5.35. The van der Waals surface area contributed by atoms with E-state index >= 15 is 0 Å². The molecule has 0 aliphatic rings. The lowest BCUT2D eigenvalue weighted by Crippen LogP contribution is -2.07. The molecule has 1 aromatic heterocycles. The van der Waals surface area contributed by atoms with E-state index in [4.69, 9.17) is 14.7 Å². The number of ether oxygens (including phenoxy) is 1. The summed E-state index contributed by atoms with van der Waals surface area (Å²) in [5, 5.41) is 12.2. The molecule has 0 spiro atoms. The van der Waals surface area contributed by atoms with Crippen molar-refractivity contribution in [1.29, 1.82) is 5.26 Å². The van der Waals surface area contributed by atoms with Gasteiger partial charge in [0.05, 0.1) is 29.0 Å². The van der Waals surface area contributed by atoms with Crippen LogP contribution in [0.4, 0.5) is 5.69 Å². The zero-order valence-corrected chi connectivity index (χ0v) is 17.4. The van der Waals surface area contributed by atoms with Gasteiger partial charge in [-0.2, -0.15) is 5.26 Å². The first kappa shape index (κ1) is 20.8. The van der Waals surface area contributed by atoms with Gasteiger partial charge in [0, 0.05) is 23.0 Å². The number of nitrogens with one attached hydrogen (secondary N) is 1. The van der Waals surface area contributed by atoms with Crippen LogP contribution in [0.15, 0.2) is 90.6 Å². The van der Waals surface area contributed by atoms with Crippen LogP contribution in [0.5, 0.6) is 0 Å². The number of rotatable bonds is 6. The molecule has 0 bridgehead atoms. The fourth-order valence-electron chi connectivity index (χ4n) is 3.24. The SMILES string of the molecule is CCOC(=O)/C(C#N)=C\Nc1ccc2nc(-c3ccccc3)c(-c3ccccc3)nc2c1. The van der Waals surface area contributed by atoms with Gasteiger partial charge < -0.3 is 10.1 Å². The largest absolute Gasteiger partial charge is 0.462 e. The van der Waals surface area contributed by atoms with E-state index in [1.807, 2.05) is 84.9 Å². The van der Waals surface area contributed by atoms with Crippen LogP contribution < -0.4 is 5.32 Å². The summed E-state index contributed by atoms with van der Waals surface area (Å²) in [5.41, 5.74) is 5.53. The van der Waals surface area contributed by atoms with Crippen molar-refractivity contribution in [2.24, 2.45) is 0 Å². The molecule has 1 N–H and O–H groups in total. The molecule has 0 fully saturated rings. The normalized spacial score (nSPS) is 11.1. The minimum absolute atomic E-state index is 0.109. The van der Waals surface area contributed by atoms with E-state index in [2.05, 4.69) is 5.32 Å². The molecule has 156 valence electrons. The Balaban J connectivity index is 1.77. The molecule has 6 heteroatoms. The second kappa shape index (κ2) is 9.54. The summed E-state index contributed by atoms with van der Waals surface area (Å²) in [7, 11) is 0. The lowest BCUT2D eigenvalue weighted by molar-refractivity contribution is -0.138. The minimum atomic E-state index is -0.665. The molecule has 0 saturated heterocycles. The average molecular weight is 420 g/mol. The molecule has 32 heavy (non-hydrogen) atoms. The van der Waals surface area contributed by atoms with Gasteiger partial charge in [0.15, 0.2) is 5.57 Å². The smallest absolute Gasteiger partial charge is 0.350 e. The highest BCUT2D eigenvalue weighted by atomic mass is 16.5. The number of esters is 1. The van der Waals surface area contributed by atoms with Crippen LogP contribution in [-0.2, 0) is 9.53 Å². The van der Waals surface area contributed by atoms with E-state index in [1.54, 1.807) is 6.92 Å². The van der Waals surface area contributed by atoms with E-state index in [0.717, 1.165) is 28.0 Å². The summed E-state index contributed by atoms with van der Waals surface area (Å²) in [5.74, 6) is -0.665. The van der Waals surface area contributed by atoms with Crippen molar-refractivity contribution in [3.05, 3.63) is 90.6 Å². The molecular weight excluding hydrogens is 400 g/mol. The zero-order valence-electron chi connectivity index (χ0n) is 17.4. The third-order valence-corrected chi connectivity index (χ3v) is 4.76. The maximum absolute atomic E-state index is 11.8. The summed E-state index contributed by atoms with van der Waals surface area (Å²) < 4.78 is 4.88.